The molecule has 0 aliphatic carbocycles. The van der Waals surface area contributed by atoms with Gasteiger partial charge in [-0.2, -0.15) is 5.10 Å². The minimum Gasteiger partial charge on any atom is -0.497 e. The molecule has 14 heteroatoms. The third-order valence-corrected chi connectivity index (χ3v) is 8.79. The van der Waals surface area contributed by atoms with Gasteiger partial charge in [0.1, 0.15) is 12.3 Å². The zero-order chi connectivity index (χ0) is 31.5. The maximum absolute atomic E-state index is 13.7. The average molecular weight is 645 g/mol. The van der Waals surface area contributed by atoms with Crippen LogP contribution in [0.1, 0.15) is 22.5 Å². The second kappa shape index (κ2) is 12.9. The van der Waals surface area contributed by atoms with E-state index < -0.39 is 27.4 Å². The van der Waals surface area contributed by atoms with Gasteiger partial charge in [-0.25, -0.2) is 13.8 Å². The van der Waals surface area contributed by atoms with Gasteiger partial charge in [-0.1, -0.05) is 29.3 Å². The number of nitrogens with one attached hydrogen (secondary N) is 1. The van der Waals surface area contributed by atoms with Crippen molar-refractivity contribution in [2.45, 2.75) is 25.7 Å². The summed E-state index contributed by atoms with van der Waals surface area (Å²) in [6, 6.07) is 16.6. The molecule has 1 aromatic heterocycles. The van der Waals surface area contributed by atoms with Crippen LogP contribution in [0.2, 0.25) is 10.0 Å². The molecule has 0 spiro atoms. The van der Waals surface area contributed by atoms with Crippen molar-refractivity contribution in [3.8, 4) is 11.4 Å². The number of hydrogen-bond acceptors (Lipinski definition) is 7. The smallest absolute Gasteiger partial charge is 0.273 e. The summed E-state index contributed by atoms with van der Waals surface area (Å²) >= 11 is 12.4. The van der Waals surface area contributed by atoms with Crippen LogP contribution in [0.15, 0.2) is 76.7 Å². The number of hydrazone groups is 1. The highest BCUT2D eigenvalue weighted by atomic mass is 35.5. The van der Waals surface area contributed by atoms with Crippen molar-refractivity contribution >= 4 is 56.7 Å². The highest BCUT2D eigenvalue weighted by Crippen LogP contribution is 2.29. The Balaban J connectivity index is 1.60. The van der Waals surface area contributed by atoms with Gasteiger partial charge >= 0.3 is 0 Å². The van der Waals surface area contributed by atoms with Crippen molar-refractivity contribution in [2.24, 2.45) is 5.10 Å². The lowest BCUT2D eigenvalue weighted by molar-refractivity contribution is -0.385. The van der Waals surface area contributed by atoms with Gasteiger partial charge in [0.25, 0.3) is 21.6 Å². The molecule has 0 radical (unpaired) electrons. The molecule has 4 rings (SSSR count). The summed E-state index contributed by atoms with van der Waals surface area (Å²) in [7, 11) is -2.95. The fourth-order valence-corrected chi connectivity index (χ4v) is 6.42. The minimum atomic E-state index is -4.41. The van der Waals surface area contributed by atoms with E-state index in [1.165, 1.54) is 56.6 Å². The van der Waals surface area contributed by atoms with E-state index in [-0.39, 0.29) is 16.3 Å². The Morgan fingerprint density at radius 3 is 2.30 bits per heavy atom. The number of nitro benzene ring substituents is 1. The van der Waals surface area contributed by atoms with Crippen molar-refractivity contribution in [3.63, 3.8) is 0 Å². The normalized spacial score (nSPS) is 11.5. The summed E-state index contributed by atoms with van der Waals surface area (Å²) in [6.07, 6.45) is 1.44. The predicted molar refractivity (Wildman–Crippen MR) is 166 cm³/mol. The number of benzene rings is 3. The summed E-state index contributed by atoms with van der Waals surface area (Å²) in [5.74, 6) is -0.272. The molecule has 4 aromatic rings. The van der Waals surface area contributed by atoms with Gasteiger partial charge in [0, 0.05) is 44.3 Å². The first-order valence-corrected chi connectivity index (χ1v) is 14.9. The molecule has 11 nitrogen and oxygen atoms in total. The molecule has 0 aliphatic rings. The van der Waals surface area contributed by atoms with Crippen molar-refractivity contribution in [2.75, 3.05) is 18.0 Å². The van der Waals surface area contributed by atoms with Crippen LogP contribution in [0, 0.1) is 30.9 Å². The van der Waals surface area contributed by atoms with Gasteiger partial charge in [0.2, 0.25) is 0 Å². The third kappa shape index (κ3) is 6.99. The zero-order valence-corrected chi connectivity index (χ0v) is 25.9. The van der Waals surface area contributed by atoms with E-state index in [4.69, 9.17) is 27.9 Å². The number of sulfonamides is 1. The summed E-state index contributed by atoms with van der Waals surface area (Å²) < 4.78 is 35.3. The van der Waals surface area contributed by atoms with Crippen LogP contribution >= 0.6 is 23.2 Å². The maximum Gasteiger partial charge on any atom is 0.273 e. The number of aromatic nitrogens is 1. The number of carbonyl (C=O) groups is 1. The van der Waals surface area contributed by atoms with Crippen LogP contribution < -0.4 is 14.5 Å². The Kier molecular flexibility index (Phi) is 9.43. The number of carbonyl (C=O) groups excluding carboxylic acids is 1. The fraction of sp³-hybridized carbons (Fsp3) is 0.172. The van der Waals surface area contributed by atoms with Crippen LogP contribution in [-0.2, 0) is 14.8 Å². The molecule has 1 heterocycles. The molecule has 0 fully saturated rings. The fourth-order valence-electron chi connectivity index (χ4n) is 4.46. The molecule has 0 aliphatic heterocycles. The highest BCUT2D eigenvalue weighted by molar-refractivity contribution is 7.92. The van der Waals surface area contributed by atoms with Gasteiger partial charge in [0.15, 0.2) is 0 Å². The number of nitrogens with zero attached hydrogens (tertiary/aromatic N) is 4. The second-order valence-corrected chi connectivity index (χ2v) is 12.2. The standard InChI is InChI=1S/C29H27Cl2N5O6S/c1-18-5-10-27(15-28(18)36(38)39)43(40,41)34(24-6-8-26(42-4)9-7-24)17-29(37)33-32-16-21-11-19(2)35(20(21)3)25-13-22(30)12-23(31)14-25/h5-16H,17H2,1-4H3,(H,33,37)/b32-16+. The van der Waals surface area contributed by atoms with Crippen LogP contribution in [0.25, 0.3) is 5.69 Å². The summed E-state index contributed by atoms with van der Waals surface area (Å²) in [6.45, 7) is 4.60. The molecule has 1 amide bonds. The number of ether oxygens (including phenoxy) is 1. The van der Waals surface area contributed by atoms with Crippen molar-refractivity contribution < 1.29 is 22.9 Å². The van der Waals surface area contributed by atoms with Gasteiger partial charge < -0.3 is 9.30 Å². The number of rotatable bonds is 10. The number of nitro groups is 1. The molecular formula is C29H27Cl2N5O6S. The Bertz CT molecular complexity index is 1820. The second-order valence-electron chi connectivity index (χ2n) is 9.50. The third-order valence-electron chi connectivity index (χ3n) is 6.58. The molecule has 0 unspecified atom stereocenters. The van der Waals surface area contributed by atoms with E-state index in [0.29, 0.717) is 26.9 Å². The molecular weight excluding hydrogens is 617 g/mol. The summed E-state index contributed by atoms with van der Waals surface area (Å²) in [5.41, 5.74) is 5.58. The predicted octanol–water partition coefficient (Wildman–Crippen LogP) is 5.97. The first kappa shape index (κ1) is 31.5. The van der Waals surface area contributed by atoms with Crippen molar-refractivity contribution in [3.05, 3.63) is 109 Å². The van der Waals surface area contributed by atoms with Gasteiger partial charge in [-0.05, 0) is 75.4 Å². The Labute approximate surface area is 258 Å². The van der Waals surface area contributed by atoms with E-state index >= 15 is 0 Å². The number of halogens is 2. The van der Waals surface area contributed by atoms with Crippen LogP contribution in [-0.4, -0.2) is 43.7 Å². The van der Waals surface area contributed by atoms with E-state index in [1.807, 2.05) is 24.5 Å². The SMILES string of the molecule is COc1ccc(N(CC(=O)N/N=C/c2cc(C)n(-c3cc(Cl)cc(Cl)c3)c2C)S(=O)(=O)c2ccc(C)c([N+](=O)[O-])c2)cc1. The Hall–Kier alpha value is -4.39. The van der Waals surface area contributed by atoms with E-state index in [0.717, 1.165) is 27.4 Å². The molecule has 224 valence electrons. The number of amides is 1. The molecule has 3 aromatic carbocycles. The molecule has 0 bridgehead atoms. The number of anilines is 1. The molecule has 1 N–H and O–H groups in total. The zero-order valence-electron chi connectivity index (χ0n) is 23.5. The van der Waals surface area contributed by atoms with Gasteiger partial charge in [-0.15, -0.1) is 0 Å². The first-order chi connectivity index (χ1) is 20.3. The lowest BCUT2D eigenvalue weighted by Crippen LogP contribution is -2.39. The van der Waals surface area contributed by atoms with Crippen molar-refractivity contribution in [1.29, 1.82) is 0 Å². The number of hydrogen-bond donors (Lipinski definition) is 1. The van der Waals surface area contributed by atoms with Crippen LogP contribution in [0.4, 0.5) is 11.4 Å². The average Bonchev–Trinajstić information content (AvgIpc) is 3.23. The molecule has 0 atom stereocenters. The van der Waals surface area contributed by atoms with E-state index in [1.54, 1.807) is 18.2 Å². The van der Waals surface area contributed by atoms with Gasteiger partial charge in [-0.3, -0.25) is 19.2 Å². The summed E-state index contributed by atoms with van der Waals surface area (Å²) in [5, 5.41) is 16.5. The lowest BCUT2D eigenvalue weighted by Gasteiger charge is -2.24. The monoisotopic (exact) mass is 643 g/mol. The minimum absolute atomic E-state index is 0.145. The Morgan fingerprint density at radius 2 is 1.70 bits per heavy atom. The maximum atomic E-state index is 13.7. The van der Waals surface area contributed by atoms with Gasteiger partial charge in [0.05, 0.1) is 28.8 Å². The molecule has 0 saturated carbocycles. The van der Waals surface area contributed by atoms with Crippen LogP contribution in [0.3, 0.4) is 0 Å². The molecule has 43 heavy (non-hydrogen) atoms. The first-order valence-electron chi connectivity index (χ1n) is 12.7. The topological polar surface area (TPSA) is 136 Å². The highest BCUT2D eigenvalue weighted by Gasteiger charge is 2.29. The largest absolute Gasteiger partial charge is 0.497 e. The van der Waals surface area contributed by atoms with Crippen molar-refractivity contribution in [1.82, 2.24) is 9.99 Å². The summed E-state index contributed by atoms with van der Waals surface area (Å²) in [4.78, 5) is 23.5. The lowest BCUT2D eigenvalue weighted by atomic mass is 10.2. The molecule has 0 saturated heterocycles. The van der Waals surface area contributed by atoms with E-state index in [2.05, 4.69) is 10.5 Å². The number of methoxy groups -OCH3 is 1. The Morgan fingerprint density at radius 1 is 1.05 bits per heavy atom. The number of aryl methyl sites for hydroxylation is 2. The quantitative estimate of drug-likeness (QED) is 0.128. The van der Waals surface area contributed by atoms with E-state index in [9.17, 15) is 23.3 Å². The van der Waals surface area contributed by atoms with Crippen LogP contribution in [0.5, 0.6) is 5.75 Å².